The Labute approximate surface area is 203 Å². The zero-order chi connectivity index (χ0) is 22.8. The van der Waals surface area contributed by atoms with Crippen molar-refractivity contribution in [3.05, 3.63) is 90.0 Å². The van der Waals surface area contributed by atoms with Crippen LogP contribution in [0.5, 0.6) is 0 Å². The smallest absolute Gasteiger partial charge is 0.411 e. The fourth-order valence-corrected chi connectivity index (χ4v) is 4.92. The number of anilines is 3. The van der Waals surface area contributed by atoms with Crippen molar-refractivity contribution in [2.75, 3.05) is 36.5 Å². The van der Waals surface area contributed by atoms with Gasteiger partial charge in [0, 0.05) is 48.7 Å². The Bertz CT molecular complexity index is 1130. The third-order valence-corrected chi connectivity index (χ3v) is 6.41. The lowest BCUT2D eigenvalue weighted by Gasteiger charge is -2.39. The van der Waals surface area contributed by atoms with Gasteiger partial charge in [0.1, 0.15) is 18.2 Å². The molecule has 34 heavy (non-hydrogen) atoms. The molecular formula is C26H26ClF2N3O2. The number of carbonyl (C=O) groups is 1. The van der Waals surface area contributed by atoms with Gasteiger partial charge in [-0.15, -0.1) is 12.4 Å². The van der Waals surface area contributed by atoms with Crippen molar-refractivity contribution in [3.63, 3.8) is 0 Å². The first-order valence-electron chi connectivity index (χ1n) is 11.1. The molecule has 8 heteroatoms. The van der Waals surface area contributed by atoms with Gasteiger partial charge in [0.25, 0.3) is 0 Å². The lowest BCUT2D eigenvalue weighted by molar-refractivity contribution is 0.124. The van der Waals surface area contributed by atoms with Crippen LogP contribution >= 0.6 is 12.4 Å². The van der Waals surface area contributed by atoms with Crippen molar-refractivity contribution in [2.24, 2.45) is 0 Å². The number of amides is 1. The number of benzene rings is 3. The molecule has 1 fully saturated rings. The van der Waals surface area contributed by atoms with Gasteiger partial charge in [0.2, 0.25) is 0 Å². The Morgan fingerprint density at radius 1 is 1.00 bits per heavy atom. The summed E-state index contributed by atoms with van der Waals surface area (Å²) >= 11 is 0. The summed E-state index contributed by atoms with van der Waals surface area (Å²) in [5.74, 6) is -0.418. The van der Waals surface area contributed by atoms with Crippen molar-refractivity contribution in [2.45, 2.75) is 18.4 Å². The summed E-state index contributed by atoms with van der Waals surface area (Å²) in [7, 11) is 0. The van der Waals surface area contributed by atoms with Crippen molar-refractivity contribution in [3.8, 4) is 0 Å². The van der Waals surface area contributed by atoms with Crippen LogP contribution in [0, 0.1) is 11.6 Å². The topological polar surface area (TPSA) is 44.8 Å². The summed E-state index contributed by atoms with van der Waals surface area (Å²) in [5.41, 5.74) is 3.54. The molecule has 1 amide bonds. The first-order valence-corrected chi connectivity index (χ1v) is 11.1. The highest BCUT2D eigenvalue weighted by atomic mass is 35.5. The van der Waals surface area contributed by atoms with Crippen molar-refractivity contribution in [1.82, 2.24) is 4.90 Å². The second-order valence-corrected chi connectivity index (χ2v) is 8.44. The SMILES string of the molecule is Cl.O=C(Nc1ccccc1)OCCN1CC[C@H]2[C@H](C1)c1cc(F)ccc1N2c1ccc(F)cc1. The van der Waals surface area contributed by atoms with Crippen LogP contribution < -0.4 is 10.2 Å². The first kappa shape index (κ1) is 24.0. The van der Waals surface area contributed by atoms with Gasteiger partial charge in [-0.2, -0.15) is 0 Å². The zero-order valence-corrected chi connectivity index (χ0v) is 19.3. The van der Waals surface area contributed by atoms with Crippen LogP contribution in [0.1, 0.15) is 17.9 Å². The highest BCUT2D eigenvalue weighted by molar-refractivity contribution is 5.85. The number of rotatable bonds is 5. The fraction of sp³-hybridized carbons (Fsp3) is 0.269. The Hall–Kier alpha value is -3.16. The van der Waals surface area contributed by atoms with Crippen molar-refractivity contribution < 1.29 is 18.3 Å². The summed E-state index contributed by atoms with van der Waals surface area (Å²) in [6.45, 7) is 2.45. The average molecular weight is 486 g/mol. The van der Waals surface area contributed by atoms with Crippen molar-refractivity contribution >= 4 is 35.6 Å². The molecule has 0 radical (unpaired) electrons. The van der Waals surface area contributed by atoms with Crippen LogP contribution in [0.4, 0.5) is 30.6 Å². The van der Waals surface area contributed by atoms with E-state index in [1.165, 1.54) is 18.2 Å². The predicted octanol–water partition coefficient (Wildman–Crippen LogP) is 5.94. The van der Waals surface area contributed by atoms with E-state index in [9.17, 15) is 13.6 Å². The molecule has 0 bridgehead atoms. The standard InChI is InChI=1S/C26H25F2N3O2.ClH/c27-18-6-9-21(10-7-18)31-24-11-8-19(28)16-22(24)23-17-30(13-12-25(23)31)14-15-33-26(32)29-20-4-2-1-3-5-20;/h1-11,16,23,25H,12-15,17H2,(H,29,32);1H/t23-,25+;/m1./s1. The van der Waals surface area contributed by atoms with Crippen LogP contribution in [0.15, 0.2) is 72.8 Å². The number of carbonyl (C=O) groups excluding carboxylic acids is 1. The van der Waals surface area contributed by atoms with Gasteiger partial charge in [0.05, 0.1) is 0 Å². The van der Waals surface area contributed by atoms with E-state index in [4.69, 9.17) is 4.74 Å². The van der Waals surface area contributed by atoms with Crippen LogP contribution in [0.25, 0.3) is 0 Å². The number of ether oxygens (including phenoxy) is 1. The Morgan fingerprint density at radius 2 is 1.74 bits per heavy atom. The lowest BCUT2D eigenvalue weighted by Crippen LogP contribution is -2.46. The number of likely N-dealkylation sites (tertiary alicyclic amines) is 1. The minimum absolute atomic E-state index is 0. The molecule has 0 unspecified atom stereocenters. The van der Waals surface area contributed by atoms with E-state index >= 15 is 0 Å². The maximum atomic E-state index is 14.1. The summed E-state index contributed by atoms with van der Waals surface area (Å²) in [4.78, 5) is 16.5. The van der Waals surface area contributed by atoms with Gasteiger partial charge in [-0.25, -0.2) is 13.6 Å². The normalized spacial score (nSPS) is 19.1. The third-order valence-electron chi connectivity index (χ3n) is 6.41. The lowest BCUT2D eigenvalue weighted by atomic mass is 9.89. The number of nitrogens with one attached hydrogen (secondary N) is 1. The molecule has 2 aliphatic rings. The molecule has 0 aromatic heterocycles. The van der Waals surface area contributed by atoms with E-state index in [0.29, 0.717) is 12.2 Å². The number of para-hydroxylation sites is 1. The van der Waals surface area contributed by atoms with E-state index in [0.717, 1.165) is 36.4 Å². The summed E-state index contributed by atoms with van der Waals surface area (Å²) in [5, 5.41) is 2.71. The number of fused-ring (bicyclic) bond motifs is 3. The molecule has 2 aliphatic heterocycles. The molecule has 0 aliphatic carbocycles. The molecule has 2 atom stereocenters. The highest BCUT2D eigenvalue weighted by Crippen LogP contribution is 2.48. The molecule has 2 heterocycles. The second kappa shape index (κ2) is 10.4. The summed E-state index contributed by atoms with van der Waals surface area (Å²) < 4.78 is 33.0. The van der Waals surface area contributed by atoms with E-state index < -0.39 is 6.09 Å². The molecule has 178 valence electrons. The van der Waals surface area contributed by atoms with E-state index in [1.54, 1.807) is 30.3 Å². The zero-order valence-electron chi connectivity index (χ0n) is 18.5. The van der Waals surface area contributed by atoms with Crippen LogP contribution in [0.2, 0.25) is 0 Å². The molecular weight excluding hydrogens is 460 g/mol. The van der Waals surface area contributed by atoms with Gasteiger partial charge < -0.3 is 9.64 Å². The molecule has 5 rings (SSSR count). The number of nitrogens with zero attached hydrogens (tertiary/aromatic N) is 2. The van der Waals surface area contributed by atoms with Gasteiger partial charge in [0.15, 0.2) is 0 Å². The second-order valence-electron chi connectivity index (χ2n) is 8.44. The first-order chi connectivity index (χ1) is 16.1. The maximum absolute atomic E-state index is 14.1. The van der Waals surface area contributed by atoms with Crippen LogP contribution in [-0.2, 0) is 4.74 Å². The van der Waals surface area contributed by atoms with Crippen LogP contribution in [-0.4, -0.2) is 43.3 Å². The van der Waals surface area contributed by atoms with Gasteiger partial charge in [-0.1, -0.05) is 18.2 Å². The summed E-state index contributed by atoms with van der Waals surface area (Å²) in [6.07, 6.45) is 0.390. The number of piperidine rings is 1. The quantitative estimate of drug-likeness (QED) is 0.485. The van der Waals surface area contributed by atoms with Crippen molar-refractivity contribution in [1.29, 1.82) is 0 Å². The van der Waals surface area contributed by atoms with Crippen LogP contribution in [0.3, 0.4) is 0 Å². The monoisotopic (exact) mass is 485 g/mol. The Balaban J connectivity index is 0.00000274. The van der Waals surface area contributed by atoms with Gasteiger partial charge >= 0.3 is 6.09 Å². The molecule has 1 saturated heterocycles. The van der Waals surface area contributed by atoms with E-state index in [-0.39, 0.29) is 42.6 Å². The largest absolute Gasteiger partial charge is 0.448 e. The molecule has 0 saturated carbocycles. The Kier molecular flexibility index (Phi) is 7.34. The van der Waals surface area contributed by atoms with E-state index in [1.807, 2.05) is 24.3 Å². The maximum Gasteiger partial charge on any atom is 0.411 e. The fourth-order valence-electron chi connectivity index (χ4n) is 4.92. The van der Waals surface area contributed by atoms with Gasteiger partial charge in [-0.3, -0.25) is 10.2 Å². The Morgan fingerprint density at radius 3 is 2.50 bits per heavy atom. The summed E-state index contributed by atoms with van der Waals surface area (Å²) in [6, 6.07) is 20.7. The number of hydrogen-bond acceptors (Lipinski definition) is 4. The average Bonchev–Trinajstić information content (AvgIpc) is 3.13. The molecule has 1 N–H and O–H groups in total. The van der Waals surface area contributed by atoms with Gasteiger partial charge in [-0.05, 0) is 66.6 Å². The minimum Gasteiger partial charge on any atom is -0.448 e. The molecule has 3 aromatic rings. The molecule has 5 nitrogen and oxygen atoms in total. The molecule has 3 aromatic carbocycles. The van der Waals surface area contributed by atoms with E-state index in [2.05, 4.69) is 15.1 Å². The third kappa shape index (κ3) is 5.00. The minimum atomic E-state index is -0.480. The molecule has 0 spiro atoms. The number of hydrogen-bond donors (Lipinski definition) is 1. The highest BCUT2D eigenvalue weighted by Gasteiger charge is 2.42. The predicted molar refractivity (Wildman–Crippen MR) is 131 cm³/mol. The number of halogens is 3.